The third-order valence-electron chi connectivity index (χ3n) is 3.86. The van der Waals surface area contributed by atoms with Gasteiger partial charge in [-0.1, -0.05) is 48.5 Å². The van der Waals surface area contributed by atoms with E-state index in [1.54, 1.807) is 0 Å². The van der Waals surface area contributed by atoms with Crippen molar-refractivity contribution in [2.75, 3.05) is 6.61 Å². The molecule has 0 saturated carbocycles. The number of nitrogens with two attached hydrogens (primary N) is 1. The van der Waals surface area contributed by atoms with Crippen molar-refractivity contribution in [3.05, 3.63) is 65.7 Å². The first-order valence-electron chi connectivity index (χ1n) is 7.53. The standard InChI is InChI=1S/C18H20N2O2.ClH/c19-16(10-13-6-2-1-3-7-13)18(21)20-15-11-14-8-4-5-9-17(14)22-12-15;/h1-9,15-16H,10-12,19H2,(H,20,21);1H. The number of carbonyl (C=O) groups excluding carboxylic acids is 1. The number of benzene rings is 2. The summed E-state index contributed by atoms with van der Waals surface area (Å²) in [6.45, 7) is 0.487. The Morgan fingerprint density at radius 1 is 1.17 bits per heavy atom. The topological polar surface area (TPSA) is 64.4 Å². The molecule has 2 atom stereocenters. The first-order valence-corrected chi connectivity index (χ1v) is 7.53. The lowest BCUT2D eigenvalue weighted by Gasteiger charge is -2.27. The molecule has 0 saturated heterocycles. The Hall–Kier alpha value is -2.04. The molecule has 1 amide bonds. The zero-order valence-electron chi connectivity index (χ0n) is 12.8. The Morgan fingerprint density at radius 3 is 2.65 bits per heavy atom. The molecule has 0 radical (unpaired) electrons. The molecule has 0 aliphatic carbocycles. The van der Waals surface area contributed by atoms with Crippen LogP contribution in [0, 0.1) is 0 Å². The number of amides is 1. The van der Waals surface area contributed by atoms with Gasteiger partial charge >= 0.3 is 0 Å². The molecule has 4 nitrogen and oxygen atoms in total. The highest BCUT2D eigenvalue weighted by atomic mass is 35.5. The minimum atomic E-state index is -0.542. The zero-order chi connectivity index (χ0) is 15.4. The van der Waals surface area contributed by atoms with Crippen molar-refractivity contribution < 1.29 is 9.53 Å². The van der Waals surface area contributed by atoms with Gasteiger partial charge in [0.25, 0.3) is 0 Å². The number of ether oxygens (including phenoxy) is 1. The largest absolute Gasteiger partial charge is 0.491 e. The van der Waals surface area contributed by atoms with Gasteiger partial charge in [-0.25, -0.2) is 0 Å². The van der Waals surface area contributed by atoms with Crippen LogP contribution in [0.2, 0.25) is 0 Å². The molecule has 122 valence electrons. The Bertz CT molecular complexity index is 648. The maximum absolute atomic E-state index is 12.2. The highest BCUT2D eigenvalue weighted by molar-refractivity contribution is 5.85. The minimum absolute atomic E-state index is 0. The van der Waals surface area contributed by atoms with Gasteiger partial charge in [-0.3, -0.25) is 4.79 Å². The van der Waals surface area contributed by atoms with Crippen LogP contribution in [0.1, 0.15) is 11.1 Å². The summed E-state index contributed by atoms with van der Waals surface area (Å²) in [4.78, 5) is 12.2. The summed E-state index contributed by atoms with van der Waals surface area (Å²) >= 11 is 0. The molecule has 0 spiro atoms. The summed E-state index contributed by atoms with van der Waals surface area (Å²) in [7, 11) is 0. The SMILES string of the molecule is Cl.NC(Cc1ccccc1)C(=O)NC1COc2ccccc2C1. The van der Waals surface area contributed by atoms with Crippen LogP contribution in [0.25, 0.3) is 0 Å². The monoisotopic (exact) mass is 332 g/mol. The van der Waals surface area contributed by atoms with Gasteiger partial charge in [-0.05, 0) is 30.0 Å². The molecule has 3 rings (SSSR count). The van der Waals surface area contributed by atoms with Gasteiger partial charge < -0.3 is 15.8 Å². The van der Waals surface area contributed by atoms with Crippen LogP contribution in [-0.2, 0) is 17.6 Å². The molecule has 2 aromatic rings. The van der Waals surface area contributed by atoms with Gasteiger partial charge in [0.2, 0.25) is 5.91 Å². The summed E-state index contributed by atoms with van der Waals surface area (Å²) in [6, 6.07) is 17.2. The summed E-state index contributed by atoms with van der Waals surface area (Å²) in [5.74, 6) is 0.776. The van der Waals surface area contributed by atoms with E-state index in [1.807, 2.05) is 54.6 Å². The number of hydrogen-bond acceptors (Lipinski definition) is 3. The third-order valence-corrected chi connectivity index (χ3v) is 3.86. The Balaban J connectivity index is 0.00000192. The average Bonchev–Trinajstić information content (AvgIpc) is 2.55. The fraction of sp³-hybridized carbons (Fsp3) is 0.278. The van der Waals surface area contributed by atoms with Crippen LogP contribution in [0.3, 0.4) is 0 Å². The lowest BCUT2D eigenvalue weighted by molar-refractivity contribution is -0.123. The molecule has 1 aliphatic heterocycles. The number of carbonyl (C=O) groups is 1. The van der Waals surface area contributed by atoms with Crippen LogP contribution >= 0.6 is 12.4 Å². The summed E-state index contributed by atoms with van der Waals surface area (Å²) in [5, 5.41) is 2.99. The molecule has 5 heteroatoms. The number of fused-ring (bicyclic) bond motifs is 1. The van der Waals surface area contributed by atoms with Crippen molar-refractivity contribution in [1.29, 1.82) is 0 Å². The van der Waals surface area contributed by atoms with E-state index in [4.69, 9.17) is 10.5 Å². The summed E-state index contributed by atoms with van der Waals surface area (Å²) in [6.07, 6.45) is 1.32. The maximum Gasteiger partial charge on any atom is 0.237 e. The predicted octanol–water partition coefficient (Wildman–Crippen LogP) is 2.10. The highest BCUT2D eigenvalue weighted by Crippen LogP contribution is 2.23. The Morgan fingerprint density at radius 2 is 1.87 bits per heavy atom. The van der Waals surface area contributed by atoms with Crippen molar-refractivity contribution in [3.8, 4) is 5.75 Å². The van der Waals surface area contributed by atoms with E-state index in [9.17, 15) is 4.79 Å². The van der Waals surface area contributed by atoms with Gasteiger partial charge in [0.1, 0.15) is 12.4 Å². The van der Waals surface area contributed by atoms with Crippen LogP contribution in [0.15, 0.2) is 54.6 Å². The van der Waals surface area contributed by atoms with Crippen molar-refractivity contribution in [1.82, 2.24) is 5.32 Å². The van der Waals surface area contributed by atoms with Crippen molar-refractivity contribution >= 4 is 18.3 Å². The van der Waals surface area contributed by atoms with Gasteiger partial charge in [0.15, 0.2) is 0 Å². The lowest BCUT2D eigenvalue weighted by atomic mass is 10.0. The van der Waals surface area contributed by atoms with E-state index in [-0.39, 0.29) is 24.4 Å². The number of nitrogens with one attached hydrogen (secondary N) is 1. The Labute approximate surface area is 142 Å². The number of hydrogen-bond donors (Lipinski definition) is 2. The first-order chi connectivity index (χ1) is 10.7. The molecule has 0 aromatic heterocycles. The van der Waals surface area contributed by atoms with E-state index >= 15 is 0 Å². The molecule has 0 fully saturated rings. The third kappa shape index (κ3) is 4.47. The molecule has 1 aliphatic rings. The smallest absolute Gasteiger partial charge is 0.237 e. The molecule has 2 aromatic carbocycles. The van der Waals surface area contributed by atoms with E-state index in [0.29, 0.717) is 13.0 Å². The van der Waals surface area contributed by atoms with Gasteiger partial charge in [-0.15, -0.1) is 12.4 Å². The normalized spacial score (nSPS) is 17.2. The predicted molar refractivity (Wildman–Crippen MR) is 92.9 cm³/mol. The first kappa shape index (κ1) is 17.3. The van der Waals surface area contributed by atoms with E-state index in [2.05, 4.69) is 5.32 Å². The van der Waals surface area contributed by atoms with E-state index < -0.39 is 6.04 Å². The minimum Gasteiger partial charge on any atom is -0.491 e. The molecule has 23 heavy (non-hydrogen) atoms. The van der Waals surface area contributed by atoms with Crippen LogP contribution in [0.5, 0.6) is 5.75 Å². The highest BCUT2D eigenvalue weighted by Gasteiger charge is 2.23. The average molecular weight is 333 g/mol. The molecular formula is C18H21ClN2O2. The second kappa shape index (κ2) is 7.99. The van der Waals surface area contributed by atoms with Crippen molar-refractivity contribution in [3.63, 3.8) is 0 Å². The molecule has 2 unspecified atom stereocenters. The van der Waals surface area contributed by atoms with E-state index in [1.165, 1.54) is 0 Å². The van der Waals surface area contributed by atoms with E-state index in [0.717, 1.165) is 23.3 Å². The molecule has 3 N–H and O–H groups in total. The van der Waals surface area contributed by atoms with Gasteiger partial charge in [-0.2, -0.15) is 0 Å². The van der Waals surface area contributed by atoms with Crippen molar-refractivity contribution in [2.45, 2.75) is 24.9 Å². The Kier molecular flexibility index (Phi) is 6.02. The fourth-order valence-electron chi connectivity index (χ4n) is 2.69. The number of rotatable bonds is 4. The summed E-state index contributed by atoms with van der Waals surface area (Å²) < 4.78 is 5.68. The maximum atomic E-state index is 12.2. The number of para-hydroxylation sites is 1. The molecule has 0 bridgehead atoms. The van der Waals surface area contributed by atoms with Gasteiger partial charge in [0, 0.05) is 0 Å². The summed E-state index contributed by atoms with van der Waals surface area (Å²) in [5.41, 5.74) is 8.19. The van der Waals surface area contributed by atoms with Gasteiger partial charge in [0.05, 0.1) is 12.1 Å². The van der Waals surface area contributed by atoms with Crippen LogP contribution in [0.4, 0.5) is 0 Å². The lowest BCUT2D eigenvalue weighted by Crippen LogP contribution is -2.50. The quantitative estimate of drug-likeness (QED) is 0.901. The fourth-order valence-corrected chi connectivity index (χ4v) is 2.69. The second-order valence-corrected chi connectivity index (χ2v) is 5.62. The molecular weight excluding hydrogens is 312 g/mol. The van der Waals surface area contributed by atoms with Crippen LogP contribution < -0.4 is 15.8 Å². The molecule has 1 heterocycles. The van der Waals surface area contributed by atoms with Crippen LogP contribution in [-0.4, -0.2) is 24.6 Å². The number of halogens is 1. The second-order valence-electron chi connectivity index (χ2n) is 5.62. The zero-order valence-corrected chi connectivity index (χ0v) is 13.6. The van der Waals surface area contributed by atoms with Crippen molar-refractivity contribution in [2.24, 2.45) is 5.73 Å².